The van der Waals surface area contributed by atoms with Gasteiger partial charge in [-0.3, -0.25) is 4.40 Å². The van der Waals surface area contributed by atoms with Crippen molar-refractivity contribution >= 4 is 40.1 Å². The molecule has 0 unspecified atom stereocenters. The molecule has 0 saturated carbocycles. The molecule has 0 spiro atoms. The predicted octanol–water partition coefficient (Wildman–Crippen LogP) is 5.16. The number of benzene rings is 1. The number of aryl methyl sites for hydroxylation is 1. The van der Waals surface area contributed by atoms with Crippen LogP contribution in [0.1, 0.15) is 5.69 Å². The minimum Gasteiger partial charge on any atom is -0.340 e. The van der Waals surface area contributed by atoms with Gasteiger partial charge in [-0.15, -0.1) is 11.3 Å². The lowest BCUT2D eigenvalue weighted by Crippen LogP contribution is -1.91. The van der Waals surface area contributed by atoms with Crippen LogP contribution >= 0.6 is 22.9 Å². The summed E-state index contributed by atoms with van der Waals surface area (Å²) in [5.74, 6) is 0.817. The van der Waals surface area contributed by atoms with Crippen LogP contribution in [0.5, 0.6) is 0 Å². The van der Waals surface area contributed by atoms with Crippen molar-refractivity contribution in [1.82, 2.24) is 14.4 Å². The van der Waals surface area contributed by atoms with Crippen molar-refractivity contribution in [3.05, 3.63) is 64.8 Å². The first-order chi connectivity index (χ1) is 11.2. The van der Waals surface area contributed by atoms with E-state index in [1.54, 1.807) is 11.3 Å². The minimum absolute atomic E-state index is 0.718. The second-order valence-corrected chi connectivity index (χ2v) is 6.44. The Morgan fingerprint density at radius 2 is 1.91 bits per heavy atom. The highest BCUT2D eigenvalue weighted by Gasteiger charge is 2.14. The molecule has 114 valence electrons. The number of anilines is 2. The topological polar surface area (TPSA) is 42.2 Å². The second kappa shape index (κ2) is 5.68. The van der Waals surface area contributed by atoms with Crippen molar-refractivity contribution in [2.45, 2.75) is 6.92 Å². The summed E-state index contributed by atoms with van der Waals surface area (Å²) in [5, 5.41) is 6.96. The maximum absolute atomic E-state index is 5.91. The van der Waals surface area contributed by atoms with Crippen molar-refractivity contribution in [1.29, 1.82) is 0 Å². The number of rotatable bonds is 3. The molecule has 4 nitrogen and oxygen atoms in total. The zero-order chi connectivity index (χ0) is 15.8. The number of fused-ring (bicyclic) bond motifs is 1. The van der Waals surface area contributed by atoms with Crippen LogP contribution < -0.4 is 5.32 Å². The SMILES string of the molecule is Cc1nc2ccccn2c1-c1nc(Nc2ccc(Cl)cc2)cs1. The van der Waals surface area contributed by atoms with Crippen molar-refractivity contribution in [3.8, 4) is 10.7 Å². The van der Waals surface area contributed by atoms with Gasteiger partial charge in [-0.25, -0.2) is 9.97 Å². The molecule has 0 bridgehead atoms. The van der Waals surface area contributed by atoms with Gasteiger partial charge in [0, 0.05) is 22.3 Å². The van der Waals surface area contributed by atoms with E-state index in [1.165, 1.54) is 0 Å². The molecule has 1 aromatic carbocycles. The molecular formula is C17H13ClN4S. The minimum atomic E-state index is 0.718. The number of thiazole rings is 1. The molecule has 0 saturated heterocycles. The molecule has 0 fully saturated rings. The quantitative estimate of drug-likeness (QED) is 0.560. The first kappa shape index (κ1) is 14.2. The Morgan fingerprint density at radius 3 is 2.74 bits per heavy atom. The van der Waals surface area contributed by atoms with Crippen molar-refractivity contribution in [2.75, 3.05) is 5.32 Å². The van der Waals surface area contributed by atoms with E-state index in [-0.39, 0.29) is 0 Å². The Labute approximate surface area is 142 Å². The fraction of sp³-hybridized carbons (Fsp3) is 0.0588. The summed E-state index contributed by atoms with van der Waals surface area (Å²) in [6, 6.07) is 13.6. The Morgan fingerprint density at radius 1 is 1.09 bits per heavy atom. The number of hydrogen-bond donors (Lipinski definition) is 1. The number of imidazole rings is 1. The molecule has 6 heteroatoms. The Hall–Kier alpha value is -2.37. The number of aromatic nitrogens is 3. The van der Waals surface area contributed by atoms with Gasteiger partial charge in [0.05, 0.1) is 5.69 Å². The molecule has 0 aliphatic heterocycles. The van der Waals surface area contributed by atoms with Gasteiger partial charge < -0.3 is 5.32 Å². The van der Waals surface area contributed by atoms with E-state index < -0.39 is 0 Å². The van der Waals surface area contributed by atoms with Crippen LogP contribution in [0.15, 0.2) is 54.0 Å². The van der Waals surface area contributed by atoms with E-state index >= 15 is 0 Å². The summed E-state index contributed by atoms with van der Waals surface area (Å²) in [5.41, 5.74) is 3.90. The van der Waals surface area contributed by atoms with Crippen molar-refractivity contribution in [3.63, 3.8) is 0 Å². The first-order valence-electron chi connectivity index (χ1n) is 7.13. The van der Waals surface area contributed by atoms with Gasteiger partial charge in [-0.05, 0) is 43.3 Å². The van der Waals surface area contributed by atoms with Crippen LogP contribution in [0.3, 0.4) is 0 Å². The highest BCUT2D eigenvalue weighted by molar-refractivity contribution is 7.13. The summed E-state index contributed by atoms with van der Waals surface area (Å²) < 4.78 is 2.07. The average molecular weight is 341 g/mol. The van der Waals surface area contributed by atoms with E-state index in [2.05, 4.69) is 14.7 Å². The lowest BCUT2D eigenvalue weighted by molar-refractivity contribution is 1.18. The number of pyridine rings is 1. The molecule has 0 amide bonds. The van der Waals surface area contributed by atoms with Gasteiger partial charge in [0.25, 0.3) is 0 Å². The van der Waals surface area contributed by atoms with E-state index in [9.17, 15) is 0 Å². The summed E-state index contributed by atoms with van der Waals surface area (Å²) >= 11 is 7.51. The molecule has 0 aliphatic carbocycles. The summed E-state index contributed by atoms with van der Waals surface area (Å²) in [7, 11) is 0. The highest BCUT2D eigenvalue weighted by atomic mass is 35.5. The van der Waals surface area contributed by atoms with Gasteiger partial charge in [0.15, 0.2) is 0 Å². The smallest absolute Gasteiger partial charge is 0.144 e. The van der Waals surface area contributed by atoms with E-state index in [4.69, 9.17) is 16.6 Å². The number of nitrogens with zero attached hydrogens (tertiary/aromatic N) is 3. The van der Waals surface area contributed by atoms with Gasteiger partial charge in [0.1, 0.15) is 22.2 Å². The molecule has 0 atom stereocenters. The summed E-state index contributed by atoms with van der Waals surface area (Å²) in [6.45, 7) is 2.01. The Bertz CT molecular complexity index is 972. The number of halogens is 1. The van der Waals surface area contributed by atoms with Gasteiger partial charge in [0.2, 0.25) is 0 Å². The number of hydrogen-bond acceptors (Lipinski definition) is 4. The van der Waals surface area contributed by atoms with Crippen molar-refractivity contribution < 1.29 is 0 Å². The maximum Gasteiger partial charge on any atom is 0.144 e. The van der Waals surface area contributed by atoms with E-state index in [1.807, 2.05) is 61.0 Å². The summed E-state index contributed by atoms with van der Waals surface area (Å²) in [6.07, 6.45) is 2.01. The van der Waals surface area contributed by atoms with Crippen LogP contribution in [0, 0.1) is 6.92 Å². The molecule has 4 rings (SSSR count). The summed E-state index contributed by atoms with van der Waals surface area (Å²) in [4.78, 5) is 9.28. The van der Waals surface area contributed by atoms with E-state index in [0.29, 0.717) is 0 Å². The third-order valence-corrected chi connectivity index (χ3v) is 4.63. The molecule has 0 radical (unpaired) electrons. The van der Waals surface area contributed by atoms with Gasteiger partial charge in [-0.1, -0.05) is 17.7 Å². The zero-order valence-corrected chi connectivity index (χ0v) is 13.9. The normalized spacial score (nSPS) is 11.0. The van der Waals surface area contributed by atoms with Crippen LogP contribution in [-0.2, 0) is 0 Å². The molecule has 23 heavy (non-hydrogen) atoms. The Balaban J connectivity index is 1.69. The molecular weight excluding hydrogens is 328 g/mol. The van der Waals surface area contributed by atoms with Crippen LogP contribution in [0.4, 0.5) is 11.5 Å². The average Bonchev–Trinajstić information content (AvgIpc) is 3.12. The monoisotopic (exact) mass is 340 g/mol. The first-order valence-corrected chi connectivity index (χ1v) is 8.38. The highest BCUT2D eigenvalue weighted by Crippen LogP contribution is 2.30. The molecule has 1 N–H and O–H groups in total. The van der Waals surface area contributed by atoms with Crippen molar-refractivity contribution in [2.24, 2.45) is 0 Å². The van der Waals surface area contributed by atoms with Crippen LogP contribution in [0.2, 0.25) is 5.02 Å². The van der Waals surface area contributed by atoms with E-state index in [0.717, 1.165) is 38.6 Å². The molecule has 0 aliphatic rings. The lowest BCUT2D eigenvalue weighted by Gasteiger charge is -2.02. The molecule has 3 aromatic heterocycles. The lowest BCUT2D eigenvalue weighted by atomic mass is 10.3. The largest absolute Gasteiger partial charge is 0.340 e. The van der Waals surface area contributed by atoms with Crippen LogP contribution in [0.25, 0.3) is 16.3 Å². The predicted molar refractivity (Wildman–Crippen MR) is 95.8 cm³/mol. The standard InChI is InChI=1S/C17H13ClN4S/c1-11-16(22-9-3-2-4-15(22)19-11)17-21-14(10-23-17)20-13-7-5-12(18)6-8-13/h2-10,20H,1H3. The third-order valence-electron chi connectivity index (χ3n) is 3.53. The fourth-order valence-corrected chi connectivity index (χ4v) is 3.46. The van der Waals surface area contributed by atoms with Gasteiger partial charge in [-0.2, -0.15) is 0 Å². The number of nitrogens with one attached hydrogen (secondary N) is 1. The second-order valence-electron chi connectivity index (χ2n) is 5.14. The maximum atomic E-state index is 5.91. The zero-order valence-electron chi connectivity index (χ0n) is 12.3. The third kappa shape index (κ3) is 2.69. The van der Waals surface area contributed by atoms with Crippen LogP contribution in [-0.4, -0.2) is 14.4 Å². The molecule has 3 heterocycles. The molecule has 4 aromatic rings. The Kier molecular flexibility index (Phi) is 3.52. The van der Waals surface area contributed by atoms with Gasteiger partial charge >= 0.3 is 0 Å². The fourth-order valence-electron chi connectivity index (χ4n) is 2.49.